The lowest BCUT2D eigenvalue weighted by Crippen LogP contribution is -2.50. The number of hydrogen-bond acceptors (Lipinski definition) is 3. The minimum atomic E-state index is -3.59. The number of hydrogen-bond donors (Lipinski definition) is 0. The van der Waals surface area contributed by atoms with E-state index in [0.29, 0.717) is 32.6 Å². The van der Waals surface area contributed by atoms with Gasteiger partial charge in [0.2, 0.25) is 15.9 Å². The topological polar surface area (TPSA) is 57.7 Å². The molecule has 0 N–H and O–H groups in total. The first-order valence-corrected chi connectivity index (χ1v) is 8.31. The minimum Gasteiger partial charge on any atom is -0.340 e. The molecule has 0 aromatic heterocycles. The molecule has 7 heteroatoms. The van der Waals surface area contributed by atoms with Gasteiger partial charge in [0, 0.05) is 32.6 Å². The van der Waals surface area contributed by atoms with Gasteiger partial charge in [-0.15, -0.1) is 0 Å². The van der Waals surface area contributed by atoms with Gasteiger partial charge in [-0.05, 0) is 12.1 Å². The first kappa shape index (κ1) is 15.3. The zero-order valence-electron chi connectivity index (χ0n) is 11.3. The largest absolute Gasteiger partial charge is 0.340 e. The maximum absolute atomic E-state index is 12.5. The van der Waals surface area contributed by atoms with Crippen LogP contribution in [0.4, 0.5) is 0 Å². The summed E-state index contributed by atoms with van der Waals surface area (Å²) in [5.74, 6) is 0.0554. The lowest BCUT2D eigenvalue weighted by Gasteiger charge is -2.34. The predicted molar refractivity (Wildman–Crippen MR) is 77.1 cm³/mol. The Morgan fingerprint density at radius 2 is 1.80 bits per heavy atom. The van der Waals surface area contributed by atoms with E-state index >= 15 is 0 Å². The SMILES string of the molecule is CCC(=O)N1CCN(S(=O)(=O)c2ccccc2Cl)CC1. The van der Waals surface area contributed by atoms with Crippen molar-refractivity contribution < 1.29 is 13.2 Å². The fourth-order valence-corrected chi connectivity index (χ4v) is 4.11. The first-order chi connectivity index (χ1) is 9.46. The zero-order chi connectivity index (χ0) is 14.8. The normalized spacial score (nSPS) is 17.2. The molecule has 110 valence electrons. The molecule has 0 atom stereocenters. The van der Waals surface area contributed by atoms with Crippen molar-refractivity contribution in [1.82, 2.24) is 9.21 Å². The molecule has 0 radical (unpaired) electrons. The van der Waals surface area contributed by atoms with E-state index in [2.05, 4.69) is 0 Å². The quantitative estimate of drug-likeness (QED) is 0.851. The van der Waals surface area contributed by atoms with Crippen molar-refractivity contribution in [2.45, 2.75) is 18.2 Å². The van der Waals surface area contributed by atoms with Crippen LogP contribution in [0.5, 0.6) is 0 Å². The number of sulfonamides is 1. The predicted octanol–water partition coefficient (Wildman–Crippen LogP) is 1.58. The van der Waals surface area contributed by atoms with Crippen LogP contribution in [0.3, 0.4) is 0 Å². The van der Waals surface area contributed by atoms with Crippen molar-refractivity contribution in [1.29, 1.82) is 0 Å². The van der Waals surface area contributed by atoms with Gasteiger partial charge in [0.15, 0.2) is 0 Å². The molecule has 1 fully saturated rings. The van der Waals surface area contributed by atoms with Crippen molar-refractivity contribution in [3.8, 4) is 0 Å². The summed E-state index contributed by atoms with van der Waals surface area (Å²) in [4.78, 5) is 13.4. The summed E-state index contributed by atoms with van der Waals surface area (Å²) in [7, 11) is -3.59. The number of carbonyl (C=O) groups excluding carboxylic acids is 1. The Kier molecular flexibility index (Phi) is 4.67. The van der Waals surface area contributed by atoms with Crippen LogP contribution >= 0.6 is 11.6 Å². The number of halogens is 1. The highest BCUT2D eigenvalue weighted by molar-refractivity contribution is 7.89. The van der Waals surface area contributed by atoms with Gasteiger partial charge in [0.05, 0.1) is 5.02 Å². The van der Waals surface area contributed by atoms with Gasteiger partial charge < -0.3 is 4.90 Å². The van der Waals surface area contributed by atoms with Gasteiger partial charge in [-0.1, -0.05) is 30.7 Å². The van der Waals surface area contributed by atoms with E-state index in [0.717, 1.165) is 0 Å². The molecule has 2 rings (SSSR count). The van der Waals surface area contributed by atoms with E-state index in [-0.39, 0.29) is 15.8 Å². The Balaban J connectivity index is 2.14. The average Bonchev–Trinajstić information content (AvgIpc) is 2.47. The molecule has 0 saturated carbocycles. The molecule has 0 unspecified atom stereocenters. The molecule has 0 spiro atoms. The third kappa shape index (κ3) is 2.97. The summed E-state index contributed by atoms with van der Waals surface area (Å²) in [6.45, 7) is 3.26. The molecule has 1 amide bonds. The van der Waals surface area contributed by atoms with Crippen molar-refractivity contribution in [2.75, 3.05) is 26.2 Å². The summed E-state index contributed by atoms with van der Waals surface area (Å²) in [5, 5.41) is 0.222. The molecule has 0 aliphatic carbocycles. The number of piperazine rings is 1. The monoisotopic (exact) mass is 316 g/mol. The summed E-state index contributed by atoms with van der Waals surface area (Å²) >= 11 is 5.96. The molecule has 1 aliphatic heterocycles. The molecule has 1 saturated heterocycles. The molecule has 1 aromatic carbocycles. The van der Waals surface area contributed by atoms with Gasteiger partial charge in [0.1, 0.15) is 4.90 Å². The van der Waals surface area contributed by atoms with Gasteiger partial charge in [-0.3, -0.25) is 4.79 Å². The Morgan fingerprint density at radius 3 is 2.35 bits per heavy atom. The summed E-state index contributed by atoms with van der Waals surface area (Å²) in [5.41, 5.74) is 0. The zero-order valence-corrected chi connectivity index (χ0v) is 12.8. The summed E-state index contributed by atoms with van der Waals surface area (Å²) in [6, 6.07) is 6.40. The van der Waals surface area contributed by atoms with Crippen LogP contribution in [0.15, 0.2) is 29.2 Å². The van der Waals surface area contributed by atoms with Crippen molar-refractivity contribution in [2.24, 2.45) is 0 Å². The number of carbonyl (C=O) groups is 1. The average molecular weight is 317 g/mol. The number of nitrogens with zero attached hydrogens (tertiary/aromatic N) is 2. The highest BCUT2D eigenvalue weighted by atomic mass is 35.5. The molecule has 1 aromatic rings. The maximum Gasteiger partial charge on any atom is 0.244 e. The Morgan fingerprint density at radius 1 is 1.20 bits per heavy atom. The fourth-order valence-electron chi connectivity index (χ4n) is 2.19. The van der Waals surface area contributed by atoms with Gasteiger partial charge >= 0.3 is 0 Å². The van der Waals surface area contributed by atoms with Gasteiger partial charge in [-0.25, -0.2) is 8.42 Å². The minimum absolute atomic E-state index is 0.0554. The molecular weight excluding hydrogens is 300 g/mol. The first-order valence-electron chi connectivity index (χ1n) is 6.49. The molecule has 0 bridgehead atoms. The number of amides is 1. The Hall–Kier alpha value is -1.11. The van der Waals surface area contributed by atoms with E-state index in [1.165, 1.54) is 10.4 Å². The standard InChI is InChI=1S/C13H17ClN2O3S/c1-2-13(17)15-7-9-16(10-8-15)20(18,19)12-6-4-3-5-11(12)14/h3-6H,2,7-10H2,1H3. The van der Waals surface area contributed by atoms with Crippen LogP contribution in [0.1, 0.15) is 13.3 Å². The second kappa shape index (κ2) is 6.11. The number of benzene rings is 1. The van der Waals surface area contributed by atoms with Crippen LogP contribution < -0.4 is 0 Å². The highest BCUT2D eigenvalue weighted by Gasteiger charge is 2.30. The second-order valence-corrected chi connectivity index (χ2v) is 6.88. The lowest BCUT2D eigenvalue weighted by molar-refractivity contribution is -0.132. The van der Waals surface area contributed by atoms with E-state index in [1.54, 1.807) is 30.0 Å². The Labute approximate surface area is 124 Å². The van der Waals surface area contributed by atoms with E-state index in [1.807, 2.05) is 0 Å². The second-order valence-electron chi connectivity index (χ2n) is 4.57. The molecule has 20 heavy (non-hydrogen) atoms. The third-order valence-corrected chi connectivity index (χ3v) is 5.75. The van der Waals surface area contributed by atoms with Crippen LogP contribution in [0.25, 0.3) is 0 Å². The van der Waals surface area contributed by atoms with Gasteiger partial charge in [-0.2, -0.15) is 4.31 Å². The third-order valence-electron chi connectivity index (χ3n) is 3.35. The highest BCUT2D eigenvalue weighted by Crippen LogP contribution is 2.24. The summed E-state index contributed by atoms with van der Waals surface area (Å²) in [6.07, 6.45) is 0.442. The van der Waals surface area contributed by atoms with Gasteiger partial charge in [0.25, 0.3) is 0 Å². The fraction of sp³-hybridized carbons (Fsp3) is 0.462. The van der Waals surface area contributed by atoms with E-state index < -0.39 is 10.0 Å². The molecular formula is C13H17ClN2O3S. The van der Waals surface area contributed by atoms with Crippen molar-refractivity contribution in [3.05, 3.63) is 29.3 Å². The van der Waals surface area contributed by atoms with E-state index in [4.69, 9.17) is 11.6 Å². The van der Waals surface area contributed by atoms with Crippen LogP contribution in [0.2, 0.25) is 5.02 Å². The Bertz CT molecular complexity index is 595. The van der Waals surface area contributed by atoms with Crippen molar-refractivity contribution in [3.63, 3.8) is 0 Å². The summed E-state index contributed by atoms with van der Waals surface area (Å²) < 4.78 is 26.4. The lowest BCUT2D eigenvalue weighted by atomic mass is 10.3. The number of rotatable bonds is 3. The smallest absolute Gasteiger partial charge is 0.244 e. The van der Waals surface area contributed by atoms with Crippen LogP contribution in [-0.2, 0) is 14.8 Å². The van der Waals surface area contributed by atoms with E-state index in [9.17, 15) is 13.2 Å². The maximum atomic E-state index is 12.5. The van der Waals surface area contributed by atoms with Crippen molar-refractivity contribution >= 4 is 27.5 Å². The molecule has 1 heterocycles. The molecule has 1 aliphatic rings. The molecule has 5 nitrogen and oxygen atoms in total. The van der Waals surface area contributed by atoms with Crippen LogP contribution in [0, 0.1) is 0 Å². The van der Waals surface area contributed by atoms with Crippen LogP contribution in [-0.4, -0.2) is 49.7 Å².